The number of carbonyl (C=O) groups is 1. The largest absolute Gasteiger partial charge is 0.506 e. The van der Waals surface area contributed by atoms with E-state index in [-0.39, 0.29) is 21.9 Å². The van der Waals surface area contributed by atoms with E-state index in [1.54, 1.807) is 43.3 Å². The number of nitrogens with one attached hydrogen (secondary N) is 2. The van der Waals surface area contributed by atoms with Gasteiger partial charge in [-0.2, -0.15) is 0 Å². The van der Waals surface area contributed by atoms with Gasteiger partial charge in [-0.05, 0) is 61.5 Å². The van der Waals surface area contributed by atoms with Gasteiger partial charge < -0.3 is 15.2 Å². The van der Waals surface area contributed by atoms with Gasteiger partial charge in [-0.25, -0.2) is 8.42 Å². The molecule has 29 heavy (non-hydrogen) atoms. The first kappa shape index (κ1) is 20.2. The van der Waals surface area contributed by atoms with E-state index in [2.05, 4.69) is 15.0 Å². The molecular formula is C20H19N3O5S. The van der Waals surface area contributed by atoms with E-state index in [0.29, 0.717) is 11.4 Å². The highest BCUT2D eigenvalue weighted by molar-refractivity contribution is 7.92. The Morgan fingerprint density at radius 2 is 1.79 bits per heavy atom. The summed E-state index contributed by atoms with van der Waals surface area (Å²) in [4.78, 5) is 16.3. The number of methoxy groups -OCH3 is 1. The summed E-state index contributed by atoms with van der Waals surface area (Å²) in [6, 6.07) is 13.2. The van der Waals surface area contributed by atoms with Crippen molar-refractivity contribution in [2.45, 2.75) is 11.8 Å². The number of aromatic nitrogens is 1. The van der Waals surface area contributed by atoms with E-state index in [1.807, 2.05) is 0 Å². The van der Waals surface area contributed by atoms with Crippen molar-refractivity contribution in [2.75, 3.05) is 17.1 Å². The van der Waals surface area contributed by atoms with Gasteiger partial charge in [0.2, 0.25) is 0 Å². The molecule has 150 valence electrons. The lowest BCUT2D eigenvalue weighted by atomic mass is 10.2. The van der Waals surface area contributed by atoms with Crippen LogP contribution in [0.1, 0.15) is 16.1 Å². The van der Waals surface area contributed by atoms with Gasteiger partial charge in [-0.3, -0.25) is 14.5 Å². The number of pyridine rings is 1. The highest BCUT2D eigenvalue weighted by Gasteiger charge is 2.18. The molecule has 0 aliphatic heterocycles. The van der Waals surface area contributed by atoms with Crippen LogP contribution in [0.15, 0.2) is 65.7 Å². The Kier molecular flexibility index (Phi) is 5.69. The van der Waals surface area contributed by atoms with Crippen LogP contribution in [0.25, 0.3) is 0 Å². The third kappa shape index (κ3) is 4.82. The standard InChI is InChI=1S/C20H19N3O5S/c1-13-3-4-14(12-21-13)20(25)22-18-11-17(9-10-19(18)24)29(26,27)23-15-5-7-16(28-2)8-6-15/h3-12,23-24H,1-2H3,(H,22,25). The molecule has 0 atom stereocenters. The normalized spacial score (nSPS) is 11.0. The minimum absolute atomic E-state index is 0.0341. The quantitative estimate of drug-likeness (QED) is 0.534. The molecule has 9 heteroatoms. The zero-order valence-electron chi connectivity index (χ0n) is 15.7. The first-order valence-corrected chi connectivity index (χ1v) is 10.0. The Hall–Kier alpha value is -3.59. The van der Waals surface area contributed by atoms with Crippen molar-refractivity contribution in [1.82, 2.24) is 4.98 Å². The molecule has 0 fully saturated rings. The average Bonchev–Trinajstić information content (AvgIpc) is 2.70. The molecule has 3 aromatic rings. The number of anilines is 2. The van der Waals surface area contributed by atoms with Crippen LogP contribution in [-0.2, 0) is 10.0 Å². The third-order valence-corrected chi connectivity index (χ3v) is 5.42. The zero-order valence-corrected chi connectivity index (χ0v) is 16.5. The fraction of sp³-hybridized carbons (Fsp3) is 0.100. The highest BCUT2D eigenvalue weighted by Crippen LogP contribution is 2.28. The van der Waals surface area contributed by atoms with E-state index in [1.165, 1.54) is 31.5 Å². The number of benzene rings is 2. The van der Waals surface area contributed by atoms with Crippen molar-refractivity contribution in [2.24, 2.45) is 0 Å². The number of aryl methyl sites for hydroxylation is 1. The molecule has 0 spiro atoms. The Morgan fingerprint density at radius 1 is 1.07 bits per heavy atom. The summed E-state index contributed by atoms with van der Waals surface area (Å²) in [6.45, 7) is 1.79. The average molecular weight is 413 g/mol. The van der Waals surface area contributed by atoms with E-state index in [0.717, 1.165) is 5.69 Å². The molecule has 0 aliphatic rings. The summed E-state index contributed by atoms with van der Waals surface area (Å²) >= 11 is 0. The molecule has 0 unspecified atom stereocenters. The maximum atomic E-state index is 12.7. The van der Waals surface area contributed by atoms with Crippen LogP contribution in [0.3, 0.4) is 0 Å². The molecule has 3 rings (SSSR count). The van der Waals surface area contributed by atoms with Gasteiger partial charge in [-0.1, -0.05) is 0 Å². The lowest BCUT2D eigenvalue weighted by Gasteiger charge is -2.12. The smallest absolute Gasteiger partial charge is 0.261 e. The molecule has 1 aromatic heterocycles. The van der Waals surface area contributed by atoms with E-state index in [9.17, 15) is 18.3 Å². The van der Waals surface area contributed by atoms with Crippen LogP contribution >= 0.6 is 0 Å². The molecule has 8 nitrogen and oxygen atoms in total. The molecule has 1 amide bonds. The highest BCUT2D eigenvalue weighted by atomic mass is 32.2. The molecule has 0 bridgehead atoms. The number of ether oxygens (including phenoxy) is 1. The van der Waals surface area contributed by atoms with Crippen molar-refractivity contribution in [3.63, 3.8) is 0 Å². The summed E-state index contributed by atoms with van der Waals surface area (Å²) in [5.41, 5.74) is 1.34. The monoisotopic (exact) mass is 413 g/mol. The van der Waals surface area contributed by atoms with Crippen molar-refractivity contribution in [3.8, 4) is 11.5 Å². The first-order chi connectivity index (χ1) is 13.8. The molecule has 0 aliphatic carbocycles. The van der Waals surface area contributed by atoms with Crippen molar-refractivity contribution in [1.29, 1.82) is 0 Å². The number of nitrogens with zero attached hydrogens (tertiary/aromatic N) is 1. The topological polar surface area (TPSA) is 118 Å². The summed E-state index contributed by atoms with van der Waals surface area (Å²) in [5, 5.41) is 12.5. The Balaban J connectivity index is 1.83. The number of aromatic hydroxyl groups is 1. The van der Waals surface area contributed by atoms with E-state index in [4.69, 9.17) is 4.74 Å². The van der Waals surface area contributed by atoms with Crippen LogP contribution < -0.4 is 14.8 Å². The molecule has 0 saturated heterocycles. The van der Waals surface area contributed by atoms with Crippen LogP contribution in [-0.4, -0.2) is 31.5 Å². The predicted octanol–water partition coefficient (Wildman–Crippen LogP) is 3.16. The van der Waals surface area contributed by atoms with Gasteiger partial charge in [0.25, 0.3) is 15.9 Å². The number of hydrogen-bond acceptors (Lipinski definition) is 6. The van der Waals surface area contributed by atoms with Crippen molar-refractivity contribution in [3.05, 3.63) is 72.1 Å². The van der Waals surface area contributed by atoms with Gasteiger partial charge in [-0.15, -0.1) is 0 Å². The third-order valence-electron chi connectivity index (χ3n) is 4.04. The van der Waals surface area contributed by atoms with Crippen LogP contribution in [0, 0.1) is 6.92 Å². The van der Waals surface area contributed by atoms with Gasteiger partial charge in [0.1, 0.15) is 11.5 Å². The predicted molar refractivity (Wildman–Crippen MR) is 109 cm³/mol. The lowest BCUT2D eigenvalue weighted by Crippen LogP contribution is -2.15. The van der Waals surface area contributed by atoms with Gasteiger partial charge in [0.05, 0.1) is 23.3 Å². The molecule has 2 aromatic carbocycles. The molecule has 3 N–H and O–H groups in total. The van der Waals surface area contributed by atoms with Gasteiger partial charge >= 0.3 is 0 Å². The van der Waals surface area contributed by atoms with Crippen LogP contribution in [0.4, 0.5) is 11.4 Å². The maximum absolute atomic E-state index is 12.7. The van der Waals surface area contributed by atoms with Crippen molar-refractivity contribution >= 4 is 27.3 Å². The maximum Gasteiger partial charge on any atom is 0.261 e. The first-order valence-electron chi connectivity index (χ1n) is 8.52. The van der Waals surface area contributed by atoms with Gasteiger partial charge in [0, 0.05) is 17.6 Å². The Labute approximate surface area is 168 Å². The minimum atomic E-state index is -3.94. The number of rotatable bonds is 6. The molecule has 0 saturated carbocycles. The summed E-state index contributed by atoms with van der Waals surface area (Å²) in [7, 11) is -2.43. The minimum Gasteiger partial charge on any atom is -0.506 e. The van der Waals surface area contributed by atoms with Gasteiger partial charge in [0.15, 0.2) is 0 Å². The summed E-state index contributed by atoms with van der Waals surface area (Å²) < 4.78 is 32.8. The second-order valence-electron chi connectivity index (χ2n) is 6.16. The van der Waals surface area contributed by atoms with Crippen LogP contribution in [0.5, 0.6) is 11.5 Å². The fourth-order valence-electron chi connectivity index (χ4n) is 2.45. The van der Waals surface area contributed by atoms with Crippen LogP contribution in [0.2, 0.25) is 0 Å². The summed E-state index contributed by atoms with van der Waals surface area (Å²) in [6.07, 6.45) is 1.40. The second kappa shape index (κ2) is 8.19. The Bertz CT molecular complexity index is 1130. The SMILES string of the molecule is COc1ccc(NS(=O)(=O)c2ccc(O)c(NC(=O)c3ccc(C)nc3)c2)cc1. The molecule has 0 radical (unpaired) electrons. The number of phenolic OH excluding ortho intramolecular Hbond substituents is 1. The zero-order chi connectivity index (χ0) is 21.0. The number of hydrogen-bond donors (Lipinski definition) is 3. The number of amides is 1. The fourth-order valence-corrected chi connectivity index (χ4v) is 3.54. The number of carbonyl (C=O) groups excluding carboxylic acids is 1. The second-order valence-corrected chi connectivity index (χ2v) is 7.84. The Morgan fingerprint density at radius 3 is 2.41 bits per heavy atom. The molecular weight excluding hydrogens is 394 g/mol. The molecule has 1 heterocycles. The van der Waals surface area contributed by atoms with E-state index >= 15 is 0 Å². The van der Waals surface area contributed by atoms with E-state index < -0.39 is 15.9 Å². The van der Waals surface area contributed by atoms with Crippen molar-refractivity contribution < 1.29 is 23.1 Å². The lowest BCUT2D eigenvalue weighted by molar-refractivity contribution is 0.102. The number of phenols is 1. The summed E-state index contributed by atoms with van der Waals surface area (Å²) in [5.74, 6) is -0.194. The number of sulfonamides is 1.